The zero-order chi connectivity index (χ0) is 36.5. The summed E-state index contributed by atoms with van der Waals surface area (Å²) in [5.74, 6) is 2.81. The molecule has 0 aliphatic heterocycles. The number of tetrazole rings is 2. The van der Waals surface area contributed by atoms with E-state index in [2.05, 4.69) is 116 Å². The number of hydrogen-bond acceptors (Lipinski definition) is 12. The number of rotatable bonds is 12. The van der Waals surface area contributed by atoms with Crippen LogP contribution in [-0.2, 0) is 22.9 Å². The molecule has 0 bridgehead atoms. The van der Waals surface area contributed by atoms with Gasteiger partial charge in [-0.15, -0.1) is 10.2 Å². The molecule has 0 aliphatic rings. The van der Waals surface area contributed by atoms with Gasteiger partial charge in [0.1, 0.15) is 24.8 Å². The number of aromatic nitrogens is 12. The summed E-state index contributed by atoms with van der Waals surface area (Å²) >= 11 is 6.78. The molecule has 6 rings (SSSR count). The van der Waals surface area contributed by atoms with E-state index >= 15 is 0 Å². The fraction of sp³-hybridized carbons (Fsp3) is 0.467. The Morgan fingerprint density at radius 2 is 1.26 bits per heavy atom. The van der Waals surface area contributed by atoms with Crippen molar-refractivity contribution in [3.05, 3.63) is 58.8 Å². The van der Waals surface area contributed by atoms with E-state index in [0.717, 1.165) is 51.8 Å². The second kappa shape index (κ2) is 17.7. The van der Waals surface area contributed by atoms with Gasteiger partial charge in [0.05, 0.1) is 0 Å². The molecule has 0 saturated carbocycles. The average molecular weight is 798 g/mol. The molecule has 0 fully saturated rings. The molecule has 0 spiro atoms. The molecule has 6 heterocycles. The maximum absolute atomic E-state index is 5.86. The molecule has 6 aromatic heterocycles. The van der Waals surface area contributed by atoms with Crippen LogP contribution in [0.3, 0.4) is 0 Å². The van der Waals surface area contributed by atoms with Crippen molar-refractivity contribution in [2.45, 2.75) is 78.7 Å². The van der Waals surface area contributed by atoms with Gasteiger partial charge in [0.15, 0.2) is 23.3 Å². The van der Waals surface area contributed by atoms with Gasteiger partial charge >= 0.3 is 24.8 Å². The zero-order valence-corrected chi connectivity index (χ0v) is 34.3. The molecular formula is C30H44BBrN13O2SSi2. The van der Waals surface area contributed by atoms with E-state index in [1.807, 2.05) is 65.7 Å². The minimum atomic E-state index is -1.08. The van der Waals surface area contributed by atoms with Crippen molar-refractivity contribution in [3.63, 3.8) is 0 Å². The predicted molar refractivity (Wildman–Crippen MR) is 207 cm³/mol. The number of pyridine rings is 2. The van der Waals surface area contributed by atoms with Crippen LogP contribution in [0.5, 0.6) is 0 Å². The molecule has 0 aliphatic carbocycles. The number of fused-ring (bicyclic) bond motifs is 2. The summed E-state index contributed by atoms with van der Waals surface area (Å²) in [5.41, 5.74) is 1.73. The van der Waals surface area contributed by atoms with Crippen LogP contribution in [0.2, 0.25) is 51.4 Å². The van der Waals surface area contributed by atoms with E-state index < -0.39 is 16.1 Å². The number of thiol groups is 1. The molecule has 6 aromatic rings. The third-order valence-electron chi connectivity index (χ3n) is 7.39. The monoisotopic (exact) mass is 796 g/mol. The number of halogens is 1. The summed E-state index contributed by atoms with van der Waals surface area (Å²) in [6.07, 6.45) is 4.00. The molecule has 0 amide bonds. The summed E-state index contributed by atoms with van der Waals surface area (Å²) in [6.45, 7) is 20.4. The molecule has 1 radical (unpaired) electrons. The van der Waals surface area contributed by atoms with Crippen LogP contribution >= 0.6 is 28.7 Å². The summed E-state index contributed by atoms with van der Waals surface area (Å²) in [6, 6.07) is 12.2. The first kappa shape index (κ1) is 39.4. The molecule has 265 valence electrons. The van der Waals surface area contributed by atoms with E-state index in [9.17, 15) is 0 Å². The quantitative estimate of drug-likeness (QED) is 0.0859. The normalized spacial score (nSPS) is 11.7. The Kier molecular flexibility index (Phi) is 13.9. The van der Waals surface area contributed by atoms with Crippen LogP contribution in [-0.4, -0.2) is 96.5 Å². The number of ether oxygens (including phenoxy) is 2. The van der Waals surface area contributed by atoms with Crippen molar-refractivity contribution in [1.82, 2.24) is 59.5 Å². The molecule has 0 saturated heterocycles. The van der Waals surface area contributed by atoms with Crippen LogP contribution in [0.1, 0.15) is 11.6 Å². The van der Waals surface area contributed by atoms with Gasteiger partial charge in [-0.25, -0.2) is 9.97 Å². The Morgan fingerprint density at radius 3 is 1.76 bits per heavy atom. The molecule has 0 atom stereocenters. The third-order valence-corrected chi connectivity index (χ3v) is 11.4. The van der Waals surface area contributed by atoms with Gasteiger partial charge in [0, 0.05) is 57.0 Å². The van der Waals surface area contributed by atoms with Crippen LogP contribution in [0, 0.1) is 13.8 Å². The van der Waals surface area contributed by atoms with Gasteiger partial charge in [-0.1, -0.05) is 39.3 Å². The Labute approximate surface area is 309 Å². The number of hydrogen-bond donors (Lipinski definition) is 1. The average Bonchev–Trinajstić information content (AvgIpc) is 3.84. The molecule has 0 aromatic carbocycles. The van der Waals surface area contributed by atoms with E-state index in [-0.39, 0.29) is 0 Å². The van der Waals surface area contributed by atoms with Crippen molar-refractivity contribution in [1.29, 1.82) is 0 Å². The Bertz CT molecular complexity index is 2000. The summed E-state index contributed by atoms with van der Waals surface area (Å²) in [7, 11) is 2.20. The first-order chi connectivity index (χ1) is 23.7. The second-order valence-electron chi connectivity index (χ2n) is 13.9. The maximum atomic E-state index is 5.86. The zero-order valence-electron chi connectivity index (χ0n) is 29.8. The molecule has 50 heavy (non-hydrogen) atoms. The number of nitrogens with zero attached hydrogens (tertiary/aromatic N) is 13. The van der Waals surface area contributed by atoms with Gasteiger partial charge in [0.2, 0.25) is 0 Å². The number of aryl methyl sites for hydroxylation is 2. The van der Waals surface area contributed by atoms with Crippen LogP contribution in [0.25, 0.3) is 33.7 Å². The predicted octanol–water partition coefficient (Wildman–Crippen LogP) is 6.21. The van der Waals surface area contributed by atoms with Gasteiger partial charge < -0.3 is 18.6 Å². The molecular weight excluding hydrogens is 753 g/mol. The SMILES string of the molecule is Cc1nnnn1-c1ccc2c(Br)cn(COCC[Si](C)(C)C)c2n1.Cc1nnnn1-c1ccc2ccn(COCC[Si](C)(C)C)c2n1.[B]=NS. The first-order valence-corrected chi connectivity index (χ1v) is 24.6. The topological polar surface area (TPSA) is 154 Å². The molecule has 20 heteroatoms. The van der Waals surface area contributed by atoms with E-state index in [4.69, 9.17) is 14.5 Å². The van der Waals surface area contributed by atoms with Gasteiger partial charge in [-0.2, -0.15) is 9.36 Å². The van der Waals surface area contributed by atoms with Crippen molar-refractivity contribution in [3.8, 4) is 11.6 Å². The van der Waals surface area contributed by atoms with Gasteiger partial charge in [-0.05, 0) is 93.1 Å². The van der Waals surface area contributed by atoms with Gasteiger partial charge in [-0.3, -0.25) is 0 Å². The molecule has 0 unspecified atom stereocenters. The first-order valence-electron chi connectivity index (χ1n) is 16.0. The van der Waals surface area contributed by atoms with Crippen molar-refractivity contribution in [2.24, 2.45) is 4.30 Å². The van der Waals surface area contributed by atoms with Crippen molar-refractivity contribution in [2.75, 3.05) is 13.2 Å². The summed E-state index contributed by atoms with van der Waals surface area (Å²) in [4.78, 5) is 9.39. The van der Waals surface area contributed by atoms with E-state index in [1.165, 1.54) is 0 Å². The Hall–Kier alpha value is -3.43. The van der Waals surface area contributed by atoms with E-state index in [1.54, 1.807) is 9.36 Å². The van der Waals surface area contributed by atoms with Crippen molar-refractivity contribution >= 4 is 74.6 Å². The second-order valence-corrected chi connectivity index (χ2v) is 26.3. The summed E-state index contributed by atoms with van der Waals surface area (Å²) < 4.78 is 22.7. The van der Waals surface area contributed by atoms with Crippen LogP contribution in [0.4, 0.5) is 0 Å². The Morgan fingerprint density at radius 1 is 0.760 bits per heavy atom. The standard InChI is InChI=1S/C15H21BrN6OSi.C15H22N6OSi.BHNS/c1-11-18-19-20-22(11)14-6-5-12-13(16)9-21(15(12)17-14)10-23-7-8-24(2,3)4;1-12-17-18-19-21(12)14-6-5-13-7-8-20(15(13)16-14)11-22-9-10-23(2,3)4;1-2-3/h5-6,9H,7-8,10H2,1-4H3;5-8H,9-11H2,1-4H3;3H. The minimum absolute atomic E-state index is 0.484. The fourth-order valence-corrected chi connectivity index (χ4v) is 6.64. The van der Waals surface area contributed by atoms with Crippen LogP contribution in [0.15, 0.2) is 51.5 Å². The van der Waals surface area contributed by atoms with Crippen molar-refractivity contribution < 1.29 is 9.47 Å². The Balaban J connectivity index is 0.000000209. The molecule has 15 nitrogen and oxygen atoms in total. The molecule has 0 N–H and O–H groups in total. The third kappa shape index (κ3) is 11.0. The van der Waals surface area contributed by atoms with E-state index in [0.29, 0.717) is 36.7 Å². The van der Waals surface area contributed by atoms with Crippen LogP contribution < -0.4 is 0 Å². The fourth-order valence-electron chi connectivity index (χ4n) is 4.57. The van der Waals surface area contributed by atoms with Gasteiger partial charge in [0.25, 0.3) is 0 Å². The summed E-state index contributed by atoms with van der Waals surface area (Å²) in [5, 5.41) is 25.2.